The third kappa shape index (κ3) is 2.63. The van der Waals surface area contributed by atoms with Crippen molar-refractivity contribution in [2.24, 2.45) is 0 Å². The molecule has 94 valence electrons. The normalized spacial score (nSPS) is 10.6. The summed E-state index contributed by atoms with van der Waals surface area (Å²) in [6.07, 6.45) is 0. The molecule has 0 aliphatic carbocycles. The molecule has 2 aromatic rings. The van der Waals surface area contributed by atoms with Gasteiger partial charge in [0.25, 0.3) is 0 Å². The summed E-state index contributed by atoms with van der Waals surface area (Å²) in [7, 11) is 0. The average Bonchev–Trinajstić information content (AvgIpc) is 2.59. The van der Waals surface area contributed by atoms with Crippen LogP contribution in [0.1, 0.15) is 21.7 Å². The molecule has 0 saturated carbocycles. The van der Waals surface area contributed by atoms with Crippen LogP contribution < -0.4 is 0 Å². The first kappa shape index (κ1) is 12.9. The summed E-state index contributed by atoms with van der Waals surface area (Å²) in [4.78, 5) is 10.8. The first-order valence-corrected chi connectivity index (χ1v) is 5.81. The van der Waals surface area contributed by atoms with Crippen LogP contribution in [-0.4, -0.2) is 26.1 Å². The fraction of sp³-hybridized carbons (Fsp3) is 0.182. The van der Waals surface area contributed by atoms with Gasteiger partial charge in [0.05, 0.1) is 12.2 Å². The summed E-state index contributed by atoms with van der Waals surface area (Å²) in [6, 6.07) is 5.12. The maximum Gasteiger partial charge on any atom is 0.358 e. The third-order valence-corrected chi connectivity index (χ3v) is 2.88. The molecule has 1 aromatic heterocycles. The Bertz CT molecular complexity index is 590. The highest BCUT2D eigenvalue weighted by Gasteiger charge is 2.15. The standard InChI is InChI=1S/C11H9Cl2N3O2/c1-6-10(11(17)18)14-15-16(6)5-7-2-8(12)4-9(13)3-7/h2-4H,5H2,1H3,(H,17,18). The molecule has 0 fully saturated rings. The maximum absolute atomic E-state index is 10.8. The summed E-state index contributed by atoms with van der Waals surface area (Å²) >= 11 is 11.8. The van der Waals surface area contributed by atoms with Gasteiger partial charge in [-0.3, -0.25) is 0 Å². The summed E-state index contributed by atoms with van der Waals surface area (Å²) in [5, 5.41) is 17.3. The Balaban J connectivity index is 2.31. The Morgan fingerprint density at radius 1 is 1.33 bits per heavy atom. The van der Waals surface area contributed by atoms with E-state index in [9.17, 15) is 4.79 Å². The van der Waals surface area contributed by atoms with Crippen LogP contribution in [-0.2, 0) is 6.54 Å². The Morgan fingerprint density at radius 3 is 2.44 bits per heavy atom. The molecule has 0 atom stereocenters. The topological polar surface area (TPSA) is 68.0 Å². The molecule has 0 saturated heterocycles. The van der Waals surface area contributed by atoms with Crippen LogP contribution in [0.25, 0.3) is 0 Å². The molecule has 0 spiro atoms. The number of hydrogen-bond donors (Lipinski definition) is 1. The van der Waals surface area contributed by atoms with Crippen molar-refractivity contribution in [3.8, 4) is 0 Å². The van der Waals surface area contributed by atoms with Gasteiger partial charge < -0.3 is 5.11 Å². The molecule has 0 aliphatic rings. The van der Waals surface area contributed by atoms with Crippen LogP contribution >= 0.6 is 23.2 Å². The number of rotatable bonds is 3. The number of hydrogen-bond acceptors (Lipinski definition) is 3. The van der Waals surface area contributed by atoms with E-state index < -0.39 is 5.97 Å². The Morgan fingerprint density at radius 2 is 1.94 bits per heavy atom. The van der Waals surface area contributed by atoms with E-state index in [4.69, 9.17) is 28.3 Å². The highest BCUT2D eigenvalue weighted by molar-refractivity contribution is 6.34. The molecular weight excluding hydrogens is 277 g/mol. The summed E-state index contributed by atoms with van der Waals surface area (Å²) in [6.45, 7) is 2.02. The predicted octanol–water partition coefficient (Wildman–Crippen LogP) is 2.64. The predicted molar refractivity (Wildman–Crippen MR) is 67.3 cm³/mol. The minimum Gasteiger partial charge on any atom is -0.476 e. The quantitative estimate of drug-likeness (QED) is 0.941. The number of carboxylic acid groups (broad SMARTS) is 1. The second-order valence-electron chi connectivity index (χ2n) is 3.76. The van der Waals surface area contributed by atoms with Gasteiger partial charge in [0.1, 0.15) is 0 Å². The van der Waals surface area contributed by atoms with Crippen molar-refractivity contribution in [1.29, 1.82) is 0 Å². The van der Waals surface area contributed by atoms with Crippen LogP contribution in [0.15, 0.2) is 18.2 Å². The first-order chi connectivity index (χ1) is 8.47. The zero-order valence-corrected chi connectivity index (χ0v) is 10.9. The Labute approximate surface area is 113 Å². The van der Waals surface area contributed by atoms with Crippen molar-refractivity contribution in [1.82, 2.24) is 15.0 Å². The average molecular weight is 286 g/mol. The highest BCUT2D eigenvalue weighted by Crippen LogP contribution is 2.20. The van der Waals surface area contributed by atoms with E-state index in [0.29, 0.717) is 22.3 Å². The molecule has 7 heteroatoms. The summed E-state index contributed by atoms with van der Waals surface area (Å²) in [5.74, 6) is -1.09. The Kier molecular flexibility index (Phi) is 3.54. The van der Waals surface area contributed by atoms with Crippen LogP contribution in [0.3, 0.4) is 0 Å². The lowest BCUT2D eigenvalue weighted by Crippen LogP contribution is -2.05. The van der Waals surface area contributed by atoms with Crippen LogP contribution in [0.2, 0.25) is 10.0 Å². The smallest absolute Gasteiger partial charge is 0.358 e. The largest absolute Gasteiger partial charge is 0.476 e. The fourth-order valence-corrected chi connectivity index (χ4v) is 2.15. The van der Waals surface area contributed by atoms with Crippen molar-refractivity contribution in [3.05, 3.63) is 45.2 Å². The van der Waals surface area contributed by atoms with Crippen molar-refractivity contribution in [2.45, 2.75) is 13.5 Å². The van der Waals surface area contributed by atoms with Gasteiger partial charge >= 0.3 is 5.97 Å². The number of aromatic nitrogens is 3. The number of carboxylic acids is 1. The fourth-order valence-electron chi connectivity index (χ4n) is 1.58. The van der Waals surface area contributed by atoms with Gasteiger partial charge in [-0.1, -0.05) is 28.4 Å². The number of aromatic carboxylic acids is 1. The lowest BCUT2D eigenvalue weighted by Gasteiger charge is -2.05. The monoisotopic (exact) mass is 285 g/mol. The number of carbonyl (C=O) groups is 1. The minimum absolute atomic E-state index is 0.0527. The number of halogens is 2. The molecule has 18 heavy (non-hydrogen) atoms. The van der Waals surface area contributed by atoms with Gasteiger partial charge in [-0.2, -0.15) is 0 Å². The molecular formula is C11H9Cl2N3O2. The van der Waals surface area contributed by atoms with Crippen molar-refractivity contribution >= 4 is 29.2 Å². The van der Waals surface area contributed by atoms with Crippen molar-refractivity contribution < 1.29 is 9.90 Å². The molecule has 0 unspecified atom stereocenters. The van der Waals surface area contributed by atoms with E-state index in [1.54, 1.807) is 25.1 Å². The molecule has 1 N–H and O–H groups in total. The second kappa shape index (κ2) is 4.96. The maximum atomic E-state index is 10.8. The van der Waals surface area contributed by atoms with Gasteiger partial charge in [-0.25, -0.2) is 9.48 Å². The second-order valence-corrected chi connectivity index (χ2v) is 4.64. The number of benzene rings is 1. The van der Waals surface area contributed by atoms with E-state index in [-0.39, 0.29) is 5.69 Å². The van der Waals surface area contributed by atoms with E-state index in [0.717, 1.165) is 5.56 Å². The van der Waals surface area contributed by atoms with Gasteiger partial charge in [0.2, 0.25) is 0 Å². The molecule has 0 amide bonds. The minimum atomic E-state index is -1.09. The SMILES string of the molecule is Cc1c(C(=O)O)nnn1Cc1cc(Cl)cc(Cl)c1. The molecule has 5 nitrogen and oxygen atoms in total. The molecule has 0 bridgehead atoms. The van der Waals surface area contributed by atoms with Gasteiger partial charge in [-0.15, -0.1) is 5.10 Å². The van der Waals surface area contributed by atoms with Gasteiger partial charge in [-0.05, 0) is 30.7 Å². The highest BCUT2D eigenvalue weighted by atomic mass is 35.5. The summed E-state index contributed by atoms with van der Waals surface area (Å²) in [5.41, 5.74) is 1.26. The zero-order valence-electron chi connectivity index (χ0n) is 9.39. The van der Waals surface area contributed by atoms with Crippen LogP contribution in [0.5, 0.6) is 0 Å². The van der Waals surface area contributed by atoms with Gasteiger partial charge in [0, 0.05) is 10.0 Å². The van der Waals surface area contributed by atoms with E-state index in [2.05, 4.69) is 10.3 Å². The molecule has 1 heterocycles. The zero-order chi connectivity index (χ0) is 13.3. The van der Waals surface area contributed by atoms with Crippen molar-refractivity contribution in [3.63, 3.8) is 0 Å². The van der Waals surface area contributed by atoms with E-state index in [1.807, 2.05) is 0 Å². The lowest BCUT2D eigenvalue weighted by molar-refractivity contribution is 0.0689. The first-order valence-electron chi connectivity index (χ1n) is 5.05. The summed E-state index contributed by atoms with van der Waals surface area (Å²) < 4.78 is 1.49. The molecule has 2 rings (SSSR count). The van der Waals surface area contributed by atoms with Crippen LogP contribution in [0, 0.1) is 6.92 Å². The van der Waals surface area contributed by atoms with Crippen LogP contribution in [0.4, 0.5) is 0 Å². The molecule has 1 aromatic carbocycles. The van der Waals surface area contributed by atoms with Crippen molar-refractivity contribution in [2.75, 3.05) is 0 Å². The number of nitrogens with zero attached hydrogens (tertiary/aromatic N) is 3. The van der Waals surface area contributed by atoms with E-state index in [1.165, 1.54) is 4.68 Å². The van der Waals surface area contributed by atoms with E-state index >= 15 is 0 Å². The lowest BCUT2D eigenvalue weighted by atomic mass is 10.2. The third-order valence-electron chi connectivity index (χ3n) is 2.44. The van der Waals surface area contributed by atoms with Gasteiger partial charge in [0.15, 0.2) is 5.69 Å². The molecule has 0 aliphatic heterocycles. The molecule has 0 radical (unpaired) electrons. The Hall–Kier alpha value is -1.59.